The number of hydrogen-bond acceptors (Lipinski definition) is 3. The molecule has 0 saturated heterocycles. The summed E-state index contributed by atoms with van der Waals surface area (Å²) in [6.45, 7) is 10.4. The zero-order valence-electron chi connectivity index (χ0n) is 16.1. The molecule has 0 aromatic heterocycles. The van der Waals surface area contributed by atoms with E-state index in [1.54, 1.807) is 20.3 Å². The van der Waals surface area contributed by atoms with Gasteiger partial charge in [-0.25, -0.2) is 0 Å². The molecule has 0 spiro atoms. The third-order valence-corrected chi connectivity index (χ3v) is 5.39. The molecule has 0 N–H and O–H groups in total. The van der Waals surface area contributed by atoms with Crippen molar-refractivity contribution in [1.82, 2.24) is 0 Å². The third-order valence-electron chi connectivity index (χ3n) is 5.39. The highest BCUT2D eigenvalue weighted by atomic mass is 16.5. The van der Waals surface area contributed by atoms with Gasteiger partial charge in [0.2, 0.25) is 0 Å². The first kappa shape index (κ1) is 17.5. The molecular formula is C22H26O3. The van der Waals surface area contributed by atoms with Gasteiger partial charge in [-0.05, 0) is 67.0 Å². The second kappa shape index (κ2) is 5.91. The van der Waals surface area contributed by atoms with E-state index in [1.165, 1.54) is 0 Å². The number of aryl methyl sites for hydroxylation is 1. The first-order valence-corrected chi connectivity index (χ1v) is 8.69. The second-order valence-electron chi connectivity index (χ2n) is 7.57. The molecule has 132 valence electrons. The Morgan fingerprint density at radius 2 is 1.64 bits per heavy atom. The van der Waals surface area contributed by atoms with Gasteiger partial charge in [-0.3, -0.25) is 4.79 Å². The molecule has 3 heteroatoms. The van der Waals surface area contributed by atoms with Crippen LogP contribution in [0.2, 0.25) is 0 Å². The molecule has 2 aromatic carbocycles. The summed E-state index contributed by atoms with van der Waals surface area (Å²) >= 11 is 0. The maximum Gasteiger partial charge on any atom is 0.169 e. The number of rotatable bonds is 3. The summed E-state index contributed by atoms with van der Waals surface area (Å²) in [6.07, 6.45) is 3.62. The van der Waals surface area contributed by atoms with Crippen LogP contribution < -0.4 is 9.47 Å². The summed E-state index contributed by atoms with van der Waals surface area (Å²) in [6, 6.07) is 4.32. The van der Waals surface area contributed by atoms with Crippen LogP contribution >= 0.6 is 0 Å². The minimum absolute atomic E-state index is 0.142. The largest absolute Gasteiger partial charge is 0.493 e. The Labute approximate surface area is 149 Å². The number of methoxy groups -OCH3 is 2. The van der Waals surface area contributed by atoms with Crippen LogP contribution in [-0.2, 0) is 10.2 Å². The van der Waals surface area contributed by atoms with Crippen molar-refractivity contribution in [3.8, 4) is 11.5 Å². The van der Waals surface area contributed by atoms with Crippen LogP contribution in [0.25, 0.3) is 16.8 Å². The van der Waals surface area contributed by atoms with Crippen molar-refractivity contribution in [2.24, 2.45) is 0 Å². The molecule has 0 heterocycles. The summed E-state index contributed by atoms with van der Waals surface area (Å²) in [5.74, 6) is 2.01. The van der Waals surface area contributed by atoms with Gasteiger partial charge in [0.05, 0.1) is 19.6 Å². The predicted octanol–water partition coefficient (Wildman–Crippen LogP) is 5.16. The fourth-order valence-electron chi connectivity index (χ4n) is 3.82. The molecule has 0 radical (unpaired) electrons. The lowest BCUT2D eigenvalue weighted by molar-refractivity contribution is -0.118. The lowest BCUT2D eigenvalue weighted by Gasteiger charge is -2.30. The van der Waals surface area contributed by atoms with Gasteiger partial charge in [0.15, 0.2) is 17.3 Å². The number of carbonyl (C=O) groups is 1. The van der Waals surface area contributed by atoms with Crippen LogP contribution in [0.15, 0.2) is 18.2 Å². The molecule has 0 atom stereocenters. The van der Waals surface area contributed by atoms with Gasteiger partial charge in [-0.2, -0.15) is 0 Å². The molecule has 1 aliphatic rings. The van der Waals surface area contributed by atoms with E-state index in [2.05, 4.69) is 32.9 Å². The van der Waals surface area contributed by atoms with E-state index in [0.29, 0.717) is 5.92 Å². The monoisotopic (exact) mass is 338 g/mol. The van der Waals surface area contributed by atoms with Gasteiger partial charge in [0.25, 0.3) is 0 Å². The highest BCUT2D eigenvalue weighted by molar-refractivity contribution is 6.08. The van der Waals surface area contributed by atoms with Crippen LogP contribution in [0, 0.1) is 6.92 Å². The summed E-state index contributed by atoms with van der Waals surface area (Å²) < 4.78 is 11.5. The van der Waals surface area contributed by atoms with Gasteiger partial charge in [0.1, 0.15) is 0 Å². The zero-order chi connectivity index (χ0) is 18.5. The molecule has 25 heavy (non-hydrogen) atoms. The Hall–Kier alpha value is -2.29. The first-order valence-electron chi connectivity index (χ1n) is 8.69. The Morgan fingerprint density at radius 3 is 2.20 bits per heavy atom. The molecule has 0 aliphatic heterocycles. The topological polar surface area (TPSA) is 35.5 Å². The Bertz CT molecular complexity index is 902. The summed E-state index contributed by atoms with van der Waals surface area (Å²) in [4.78, 5) is 12.4. The molecule has 2 aromatic rings. The van der Waals surface area contributed by atoms with E-state index < -0.39 is 5.41 Å². The number of hydrogen-bond donors (Lipinski definition) is 0. The second-order valence-corrected chi connectivity index (χ2v) is 7.57. The van der Waals surface area contributed by atoms with E-state index in [1.807, 2.05) is 19.9 Å². The van der Waals surface area contributed by atoms with Gasteiger partial charge in [-0.15, -0.1) is 0 Å². The normalized spacial score (nSPS) is 15.6. The average molecular weight is 338 g/mol. The maximum atomic E-state index is 12.4. The first-order chi connectivity index (χ1) is 11.7. The Morgan fingerprint density at radius 1 is 1.00 bits per heavy atom. The predicted molar refractivity (Wildman–Crippen MR) is 103 cm³/mol. The van der Waals surface area contributed by atoms with E-state index >= 15 is 0 Å². The summed E-state index contributed by atoms with van der Waals surface area (Å²) in [5.41, 5.74) is 3.90. The Kier molecular flexibility index (Phi) is 4.14. The number of allylic oxidation sites excluding steroid dienone is 1. The van der Waals surface area contributed by atoms with Crippen LogP contribution in [0.5, 0.6) is 11.5 Å². The molecule has 3 nitrogen and oxygen atoms in total. The lowest BCUT2D eigenvalue weighted by atomic mass is 9.72. The van der Waals surface area contributed by atoms with E-state index in [9.17, 15) is 4.79 Å². The van der Waals surface area contributed by atoms with Crippen molar-refractivity contribution in [2.75, 3.05) is 14.2 Å². The molecule has 1 aliphatic carbocycles. The highest BCUT2D eigenvalue weighted by Crippen LogP contribution is 2.46. The number of ketones is 1. The van der Waals surface area contributed by atoms with Gasteiger partial charge < -0.3 is 9.47 Å². The van der Waals surface area contributed by atoms with Crippen LogP contribution in [0.3, 0.4) is 0 Å². The van der Waals surface area contributed by atoms with Gasteiger partial charge >= 0.3 is 0 Å². The standard InChI is InChI=1S/C22H26O3/c1-12(2)16-10-14-11-17-15(8-9-18(23)22(17,4)5)13(3)19(14)21(25-7)20(16)24-6/h8-12H,1-7H3. The Balaban J connectivity index is 2.49. The molecular weight excluding hydrogens is 312 g/mol. The lowest BCUT2D eigenvalue weighted by Crippen LogP contribution is -2.30. The molecule has 0 bridgehead atoms. The fourth-order valence-corrected chi connectivity index (χ4v) is 3.82. The van der Waals surface area contributed by atoms with E-state index in [-0.39, 0.29) is 5.78 Å². The number of fused-ring (bicyclic) bond motifs is 2. The van der Waals surface area contributed by atoms with Gasteiger partial charge in [0, 0.05) is 10.9 Å². The van der Waals surface area contributed by atoms with E-state index in [4.69, 9.17) is 9.47 Å². The zero-order valence-corrected chi connectivity index (χ0v) is 16.1. The smallest absolute Gasteiger partial charge is 0.169 e. The maximum absolute atomic E-state index is 12.4. The van der Waals surface area contributed by atoms with Crippen molar-refractivity contribution in [1.29, 1.82) is 0 Å². The van der Waals surface area contributed by atoms with Crippen molar-refractivity contribution >= 4 is 22.6 Å². The van der Waals surface area contributed by atoms with Crippen molar-refractivity contribution in [2.45, 2.75) is 46.0 Å². The van der Waals surface area contributed by atoms with Crippen molar-refractivity contribution in [3.05, 3.63) is 40.5 Å². The number of ether oxygens (including phenoxy) is 2. The number of benzene rings is 2. The minimum atomic E-state index is -0.520. The molecule has 0 unspecified atom stereocenters. The van der Waals surface area contributed by atoms with E-state index in [0.717, 1.165) is 44.5 Å². The van der Waals surface area contributed by atoms with Crippen molar-refractivity contribution < 1.29 is 14.3 Å². The van der Waals surface area contributed by atoms with Crippen LogP contribution in [0.4, 0.5) is 0 Å². The van der Waals surface area contributed by atoms with Gasteiger partial charge in [-0.1, -0.05) is 19.9 Å². The fraction of sp³-hybridized carbons (Fsp3) is 0.409. The molecule has 3 rings (SSSR count). The summed E-state index contributed by atoms with van der Waals surface area (Å²) in [5, 5.41) is 2.14. The average Bonchev–Trinajstić information content (AvgIpc) is 2.57. The SMILES string of the molecule is COc1c(C(C)C)cc2cc3c(c(C)c2c1OC)C=CC(=O)C3(C)C. The highest BCUT2D eigenvalue weighted by Gasteiger charge is 2.34. The third kappa shape index (κ3) is 2.45. The van der Waals surface area contributed by atoms with Crippen LogP contribution in [-0.4, -0.2) is 20.0 Å². The quantitative estimate of drug-likeness (QED) is 0.775. The van der Waals surface area contributed by atoms with Crippen LogP contribution in [0.1, 0.15) is 55.9 Å². The molecule has 0 fully saturated rings. The number of carbonyl (C=O) groups excluding carboxylic acids is 1. The van der Waals surface area contributed by atoms with Crippen molar-refractivity contribution in [3.63, 3.8) is 0 Å². The molecule has 0 amide bonds. The molecule has 0 saturated carbocycles. The summed E-state index contributed by atoms with van der Waals surface area (Å²) in [7, 11) is 3.37. The minimum Gasteiger partial charge on any atom is -0.493 e.